The molecule has 4 heteroatoms. The maximum atomic E-state index is 11.5. The van der Waals surface area contributed by atoms with Gasteiger partial charge in [0.2, 0.25) is 5.91 Å². The lowest BCUT2D eigenvalue weighted by atomic mass is 10.1. The lowest BCUT2D eigenvalue weighted by molar-refractivity contribution is -0.121. The first kappa shape index (κ1) is 12.4. The fourth-order valence-corrected chi connectivity index (χ4v) is 1.47. The molecule has 0 aromatic heterocycles. The van der Waals surface area contributed by atoms with Crippen LogP contribution >= 0.6 is 0 Å². The average Bonchev–Trinajstić information content (AvgIpc) is 2.22. The maximum absolute atomic E-state index is 11.5. The van der Waals surface area contributed by atoms with Crippen LogP contribution in [0, 0.1) is 6.92 Å². The highest BCUT2D eigenvalue weighted by atomic mass is 16.2. The number of rotatable bonds is 4. The van der Waals surface area contributed by atoms with Crippen LogP contribution in [0.1, 0.15) is 19.4 Å². The summed E-state index contributed by atoms with van der Waals surface area (Å²) in [6.07, 6.45) is 0. The van der Waals surface area contributed by atoms with Crippen LogP contribution in [-0.4, -0.2) is 18.5 Å². The van der Waals surface area contributed by atoms with Crippen molar-refractivity contribution >= 4 is 17.3 Å². The molecule has 1 aromatic rings. The number of aryl methyl sites for hydroxylation is 1. The molecule has 4 N–H and O–H groups in total. The van der Waals surface area contributed by atoms with Crippen molar-refractivity contribution < 1.29 is 4.79 Å². The highest BCUT2D eigenvalue weighted by Gasteiger charge is 2.11. The summed E-state index contributed by atoms with van der Waals surface area (Å²) in [6.45, 7) is 6.34. The van der Waals surface area contributed by atoms with E-state index in [-0.39, 0.29) is 11.9 Å². The monoisotopic (exact) mass is 221 g/mol. The van der Waals surface area contributed by atoms with Crippen molar-refractivity contribution in [1.82, 2.24) is 5.32 Å². The molecule has 0 aliphatic carbocycles. The Morgan fingerprint density at radius 1 is 1.50 bits per heavy atom. The van der Waals surface area contributed by atoms with Crippen molar-refractivity contribution in [3.8, 4) is 0 Å². The molecule has 1 unspecified atom stereocenters. The molecule has 0 saturated heterocycles. The molecule has 1 amide bonds. The molecule has 0 radical (unpaired) electrons. The van der Waals surface area contributed by atoms with Crippen LogP contribution in [0.25, 0.3) is 0 Å². The largest absolute Gasteiger partial charge is 0.399 e. The van der Waals surface area contributed by atoms with Crippen molar-refractivity contribution in [3.05, 3.63) is 23.8 Å². The minimum absolute atomic E-state index is 0.00118. The molecule has 4 nitrogen and oxygen atoms in total. The molecule has 1 rings (SSSR count). The van der Waals surface area contributed by atoms with Crippen LogP contribution < -0.4 is 16.4 Å². The Kier molecular flexibility index (Phi) is 4.17. The van der Waals surface area contributed by atoms with E-state index in [1.807, 2.05) is 39.0 Å². The fourth-order valence-electron chi connectivity index (χ4n) is 1.47. The molecule has 88 valence electrons. The second kappa shape index (κ2) is 5.39. The Balaban J connectivity index is 2.69. The van der Waals surface area contributed by atoms with Crippen LogP contribution in [0.15, 0.2) is 18.2 Å². The lowest BCUT2D eigenvalue weighted by Crippen LogP contribution is -2.37. The van der Waals surface area contributed by atoms with Gasteiger partial charge in [0.25, 0.3) is 0 Å². The Labute approximate surface area is 96.2 Å². The first-order valence-corrected chi connectivity index (χ1v) is 5.45. The van der Waals surface area contributed by atoms with Gasteiger partial charge < -0.3 is 16.4 Å². The summed E-state index contributed by atoms with van der Waals surface area (Å²) >= 11 is 0. The van der Waals surface area contributed by atoms with Crippen molar-refractivity contribution in [2.24, 2.45) is 0 Å². The highest BCUT2D eigenvalue weighted by Crippen LogP contribution is 2.18. The number of hydrogen-bond acceptors (Lipinski definition) is 3. The van der Waals surface area contributed by atoms with Gasteiger partial charge in [-0.05, 0) is 44.5 Å². The van der Waals surface area contributed by atoms with Gasteiger partial charge >= 0.3 is 0 Å². The predicted octanol–water partition coefficient (Wildman–Crippen LogP) is 1.51. The first-order valence-electron chi connectivity index (χ1n) is 5.45. The molecule has 1 aromatic carbocycles. The number of nitrogen functional groups attached to an aromatic ring is 1. The summed E-state index contributed by atoms with van der Waals surface area (Å²) in [5.41, 5.74) is 8.37. The molecule has 0 heterocycles. The quantitative estimate of drug-likeness (QED) is 0.675. The Morgan fingerprint density at radius 3 is 2.75 bits per heavy atom. The van der Waals surface area contributed by atoms with Gasteiger partial charge in [-0.25, -0.2) is 0 Å². The number of nitrogens with two attached hydrogens (primary N) is 1. The molecule has 0 spiro atoms. The molecular formula is C12H19N3O. The number of carbonyl (C=O) groups excluding carboxylic acids is 1. The summed E-state index contributed by atoms with van der Waals surface area (Å²) in [4.78, 5) is 11.5. The number of likely N-dealkylation sites (N-methyl/N-ethyl adjacent to an activating group) is 1. The Bertz CT molecular complexity index is 377. The number of benzene rings is 1. The van der Waals surface area contributed by atoms with Crippen molar-refractivity contribution in [2.45, 2.75) is 26.8 Å². The average molecular weight is 221 g/mol. The predicted molar refractivity (Wildman–Crippen MR) is 67.4 cm³/mol. The van der Waals surface area contributed by atoms with Crippen LogP contribution in [0.4, 0.5) is 11.4 Å². The number of amides is 1. The highest BCUT2D eigenvalue weighted by molar-refractivity contribution is 5.84. The van der Waals surface area contributed by atoms with Gasteiger partial charge in [-0.1, -0.05) is 0 Å². The van der Waals surface area contributed by atoms with E-state index in [1.54, 1.807) is 0 Å². The number of anilines is 2. The minimum atomic E-state index is -0.248. The van der Waals surface area contributed by atoms with E-state index in [2.05, 4.69) is 10.6 Å². The van der Waals surface area contributed by atoms with Crippen LogP contribution in [-0.2, 0) is 4.79 Å². The zero-order chi connectivity index (χ0) is 12.1. The van der Waals surface area contributed by atoms with E-state index in [1.165, 1.54) is 0 Å². The van der Waals surface area contributed by atoms with Gasteiger partial charge in [-0.15, -0.1) is 0 Å². The van der Waals surface area contributed by atoms with Crippen molar-refractivity contribution in [2.75, 3.05) is 17.6 Å². The zero-order valence-electron chi connectivity index (χ0n) is 10.0. The summed E-state index contributed by atoms with van der Waals surface area (Å²) in [6, 6.07) is 5.34. The summed E-state index contributed by atoms with van der Waals surface area (Å²) < 4.78 is 0. The van der Waals surface area contributed by atoms with E-state index in [9.17, 15) is 4.79 Å². The van der Waals surface area contributed by atoms with Crippen molar-refractivity contribution in [3.63, 3.8) is 0 Å². The zero-order valence-corrected chi connectivity index (χ0v) is 10.0. The molecule has 1 atom stereocenters. The third-order valence-corrected chi connectivity index (χ3v) is 2.37. The summed E-state index contributed by atoms with van der Waals surface area (Å²) in [5.74, 6) is -0.00118. The SMILES string of the molecule is CCNC(=O)C(C)Nc1ccc(N)cc1C. The van der Waals surface area contributed by atoms with Crippen LogP contribution in [0.3, 0.4) is 0 Å². The molecule has 0 aliphatic heterocycles. The molecule has 16 heavy (non-hydrogen) atoms. The lowest BCUT2D eigenvalue weighted by Gasteiger charge is -2.16. The van der Waals surface area contributed by atoms with Gasteiger partial charge in [0, 0.05) is 17.9 Å². The molecular weight excluding hydrogens is 202 g/mol. The van der Waals surface area contributed by atoms with E-state index < -0.39 is 0 Å². The van der Waals surface area contributed by atoms with Crippen LogP contribution in [0.2, 0.25) is 0 Å². The van der Waals surface area contributed by atoms with Crippen LogP contribution in [0.5, 0.6) is 0 Å². The number of nitrogens with one attached hydrogen (secondary N) is 2. The standard InChI is InChI=1S/C12H19N3O/c1-4-14-12(16)9(3)15-11-6-5-10(13)7-8(11)2/h5-7,9,15H,4,13H2,1-3H3,(H,14,16). The second-order valence-electron chi connectivity index (χ2n) is 3.83. The summed E-state index contributed by atoms with van der Waals surface area (Å²) in [5, 5.41) is 5.92. The molecule has 0 fully saturated rings. The van der Waals surface area contributed by atoms with Crippen molar-refractivity contribution in [1.29, 1.82) is 0 Å². The number of hydrogen-bond donors (Lipinski definition) is 3. The first-order chi connectivity index (χ1) is 7.54. The van der Waals surface area contributed by atoms with E-state index >= 15 is 0 Å². The number of carbonyl (C=O) groups is 1. The van der Waals surface area contributed by atoms with Gasteiger partial charge in [0.15, 0.2) is 0 Å². The fraction of sp³-hybridized carbons (Fsp3) is 0.417. The molecule has 0 bridgehead atoms. The molecule has 0 aliphatic rings. The Morgan fingerprint density at radius 2 is 2.19 bits per heavy atom. The smallest absolute Gasteiger partial charge is 0.242 e. The maximum Gasteiger partial charge on any atom is 0.242 e. The normalized spacial score (nSPS) is 11.9. The topological polar surface area (TPSA) is 67.2 Å². The molecule has 0 saturated carbocycles. The van der Waals surface area contributed by atoms with Gasteiger partial charge in [0.05, 0.1) is 0 Å². The third-order valence-electron chi connectivity index (χ3n) is 2.37. The van der Waals surface area contributed by atoms with Gasteiger partial charge in [-0.2, -0.15) is 0 Å². The van der Waals surface area contributed by atoms with Gasteiger partial charge in [0.1, 0.15) is 6.04 Å². The minimum Gasteiger partial charge on any atom is -0.399 e. The van der Waals surface area contributed by atoms with E-state index in [4.69, 9.17) is 5.73 Å². The van der Waals surface area contributed by atoms with E-state index in [0.717, 1.165) is 16.9 Å². The summed E-state index contributed by atoms with van der Waals surface area (Å²) in [7, 11) is 0. The Hall–Kier alpha value is -1.71. The third kappa shape index (κ3) is 3.15. The van der Waals surface area contributed by atoms with E-state index in [0.29, 0.717) is 6.54 Å². The van der Waals surface area contributed by atoms with Gasteiger partial charge in [-0.3, -0.25) is 4.79 Å². The second-order valence-corrected chi connectivity index (χ2v) is 3.83.